The highest BCUT2D eigenvalue weighted by Gasteiger charge is 2.38. The molecule has 1 aromatic carbocycles. The predicted molar refractivity (Wildman–Crippen MR) is 53.0 cm³/mol. The van der Waals surface area contributed by atoms with Gasteiger partial charge in [-0.15, -0.1) is 13.2 Å². The lowest BCUT2D eigenvalue weighted by molar-refractivity contribution is -0.342. The fourth-order valence-electron chi connectivity index (χ4n) is 1.23. The molecule has 0 saturated carbocycles. The van der Waals surface area contributed by atoms with Crippen molar-refractivity contribution in [1.29, 1.82) is 0 Å². The van der Waals surface area contributed by atoms with E-state index in [4.69, 9.17) is 0 Å². The Labute approximate surface area is 96.1 Å². The lowest BCUT2D eigenvalue weighted by atomic mass is 10.1. The number of carbonyl (C=O) groups is 1. The minimum Gasteiger partial charge on any atom is -0.464 e. The average Bonchev–Trinajstić information content (AvgIpc) is 2.26. The normalized spacial score (nSPS) is 13.2. The summed E-state index contributed by atoms with van der Waals surface area (Å²) < 4.78 is 44.8. The van der Waals surface area contributed by atoms with Crippen molar-refractivity contribution >= 4 is 5.97 Å². The highest BCUT2D eigenvalue weighted by Crippen LogP contribution is 2.28. The predicted octanol–water partition coefficient (Wildman–Crippen LogP) is 2.83. The monoisotopic (exact) mass is 248 g/mol. The second-order valence-electron chi connectivity index (χ2n) is 3.11. The maximum absolute atomic E-state index is 12.2. The summed E-state index contributed by atoms with van der Waals surface area (Å²) in [6.07, 6.45) is -6.68. The van der Waals surface area contributed by atoms with E-state index in [1.807, 2.05) is 0 Å². The van der Waals surface area contributed by atoms with Crippen molar-refractivity contribution < 1.29 is 27.4 Å². The zero-order valence-electron chi connectivity index (χ0n) is 9.03. The summed E-state index contributed by atoms with van der Waals surface area (Å²) in [7, 11) is 0. The van der Waals surface area contributed by atoms with Gasteiger partial charge >= 0.3 is 12.3 Å². The smallest absolute Gasteiger partial charge is 0.464 e. The Morgan fingerprint density at radius 3 is 2.35 bits per heavy atom. The maximum atomic E-state index is 12.2. The van der Waals surface area contributed by atoms with E-state index in [1.54, 1.807) is 6.07 Å². The number of rotatable bonds is 4. The Kier molecular flexibility index (Phi) is 4.51. The van der Waals surface area contributed by atoms with Crippen LogP contribution in [0.5, 0.6) is 0 Å². The first-order valence-corrected chi connectivity index (χ1v) is 4.90. The third-order valence-corrected chi connectivity index (χ3v) is 1.85. The fourth-order valence-corrected chi connectivity index (χ4v) is 1.23. The molecule has 0 saturated heterocycles. The van der Waals surface area contributed by atoms with Crippen LogP contribution in [0, 0.1) is 0 Å². The summed E-state index contributed by atoms with van der Waals surface area (Å²) in [5.74, 6) is -1.06. The van der Waals surface area contributed by atoms with Crippen molar-refractivity contribution in [2.24, 2.45) is 0 Å². The molecule has 0 aliphatic carbocycles. The van der Waals surface area contributed by atoms with Crippen molar-refractivity contribution in [1.82, 2.24) is 0 Å². The molecule has 0 aromatic heterocycles. The summed E-state index contributed by atoms with van der Waals surface area (Å²) in [6.45, 7) is 1.50. The van der Waals surface area contributed by atoms with Gasteiger partial charge in [-0.05, 0) is 12.5 Å². The zero-order valence-corrected chi connectivity index (χ0v) is 9.03. The molecule has 0 amide bonds. The maximum Gasteiger partial charge on any atom is 0.523 e. The van der Waals surface area contributed by atoms with E-state index in [2.05, 4.69) is 9.47 Å². The number of ether oxygens (including phenoxy) is 2. The summed E-state index contributed by atoms with van der Waals surface area (Å²) in [5, 5.41) is 0. The highest BCUT2D eigenvalue weighted by molar-refractivity contribution is 5.76. The van der Waals surface area contributed by atoms with Gasteiger partial charge in [0.25, 0.3) is 0 Å². The van der Waals surface area contributed by atoms with Gasteiger partial charge in [-0.25, -0.2) is 4.79 Å². The lowest BCUT2D eigenvalue weighted by Crippen LogP contribution is -2.26. The third-order valence-electron chi connectivity index (χ3n) is 1.85. The van der Waals surface area contributed by atoms with Crippen molar-refractivity contribution in [3.8, 4) is 0 Å². The number of esters is 1. The van der Waals surface area contributed by atoms with E-state index in [1.165, 1.54) is 31.2 Å². The third kappa shape index (κ3) is 4.44. The summed E-state index contributed by atoms with van der Waals surface area (Å²) in [4.78, 5) is 11.4. The second-order valence-corrected chi connectivity index (χ2v) is 3.11. The van der Waals surface area contributed by atoms with Crippen LogP contribution in [0.1, 0.15) is 18.6 Å². The van der Waals surface area contributed by atoms with E-state index in [-0.39, 0.29) is 12.2 Å². The number of benzene rings is 1. The van der Waals surface area contributed by atoms with Crippen LogP contribution in [0.3, 0.4) is 0 Å². The molecule has 1 atom stereocenters. The molecule has 17 heavy (non-hydrogen) atoms. The highest BCUT2D eigenvalue weighted by atomic mass is 19.4. The molecule has 0 heterocycles. The summed E-state index contributed by atoms with van der Waals surface area (Å²) in [6, 6.07) is 7.39. The molecule has 3 nitrogen and oxygen atoms in total. The SMILES string of the molecule is CCOC(=O)[C@H](OC(F)(F)F)c1ccccc1. The van der Waals surface area contributed by atoms with Gasteiger partial charge in [0.2, 0.25) is 0 Å². The molecular weight excluding hydrogens is 237 g/mol. The van der Waals surface area contributed by atoms with Gasteiger partial charge in [-0.2, -0.15) is 0 Å². The van der Waals surface area contributed by atoms with Crippen LogP contribution in [0.25, 0.3) is 0 Å². The van der Waals surface area contributed by atoms with Crippen LogP contribution >= 0.6 is 0 Å². The molecule has 0 aliphatic heterocycles. The van der Waals surface area contributed by atoms with E-state index >= 15 is 0 Å². The Balaban J connectivity index is 2.91. The minimum absolute atomic E-state index is 0.0105. The Hall–Kier alpha value is -1.56. The largest absolute Gasteiger partial charge is 0.523 e. The molecule has 94 valence electrons. The Morgan fingerprint density at radius 1 is 1.29 bits per heavy atom. The van der Waals surface area contributed by atoms with Crippen LogP contribution in [-0.4, -0.2) is 18.9 Å². The molecule has 1 aromatic rings. The van der Waals surface area contributed by atoms with Gasteiger partial charge in [0.05, 0.1) is 6.61 Å². The molecule has 6 heteroatoms. The first-order chi connectivity index (χ1) is 7.94. The molecule has 0 fully saturated rings. The average molecular weight is 248 g/mol. The quantitative estimate of drug-likeness (QED) is 0.768. The lowest BCUT2D eigenvalue weighted by Gasteiger charge is -2.18. The van der Waals surface area contributed by atoms with Gasteiger partial charge in [-0.3, -0.25) is 4.74 Å². The molecule has 0 aliphatic rings. The van der Waals surface area contributed by atoms with Gasteiger partial charge in [0, 0.05) is 0 Å². The van der Waals surface area contributed by atoms with Crippen LogP contribution < -0.4 is 0 Å². The molecule has 0 radical (unpaired) electrons. The van der Waals surface area contributed by atoms with Gasteiger partial charge in [-0.1, -0.05) is 30.3 Å². The van der Waals surface area contributed by atoms with Crippen LogP contribution in [-0.2, 0) is 14.3 Å². The summed E-state index contributed by atoms with van der Waals surface area (Å²) in [5.41, 5.74) is 0.100. The summed E-state index contributed by atoms with van der Waals surface area (Å²) >= 11 is 0. The molecular formula is C11H11F3O3. The standard InChI is InChI=1S/C11H11F3O3/c1-2-16-10(15)9(17-11(12,13)14)8-6-4-3-5-7-8/h3-7,9H,2H2,1H3/t9-/m1/s1. The van der Waals surface area contributed by atoms with Crippen molar-refractivity contribution in [3.05, 3.63) is 35.9 Å². The van der Waals surface area contributed by atoms with E-state index in [0.717, 1.165) is 0 Å². The number of halogens is 3. The minimum atomic E-state index is -4.90. The fraction of sp³-hybridized carbons (Fsp3) is 0.364. The van der Waals surface area contributed by atoms with Gasteiger partial charge in [0.15, 0.2) is 6.10 Å². The number of carbonyl (C=O) groups excluding carboxylic acids is 1. The Bertz CT molecular complexity index is 362. The molecule has 0 spiro atoms. The van der Waals surface area contributed by atoms with Gasteiger partial charge in [0.1, 0.15) is 0 Å². The van der Waals surface area contributed by atoms with Gasteiger partial charge < -0.3 is 4.74 Å². The second kappa shape index (κ2) is 5.67. The molecule has 0 unspecified atom stereocenters. The van der Waals surface area contributed by atoms with Crippen LogP contribution in [0.2, 0.25) is 0 Å². The van der Waals surface area contributed by atoms with Crippen LogP contribution in [0.4, 0.5) is 13.2 Å². The molecule has 0 N–H and O–H groups in total. The van der Waals surface area contributed by atoms with Crippen molar-refractivity contribution in [2.75, 3.05) is 6.61 Å². The first kappa shape index (κ1) is 13.5. The van der Waals surface area contributed by atoms with E-state index in [0.29, 0.717) is 0 Å². The van der Waals surface area contributed by atoms with Crippen LogP contribution in [0.15, 0.2) is 30.3 Å². The Morgan fingerprint density at radius 2 is 1.88 bits per heavy atom. The van der Waals surface area contributed by atoms with Crippen molar-refractivity contribution in [2.45, 2.75) is 19.4 Å². The van der Waals surface area contributed by atoms with Crippen molar-refractivity contribution in [3.63, 3.8) is 0 Å². The molecule has 0 bridgehead atoms. The number of hydrogen-bond acceptors (Lipinski definition) is 3. The zero-order chi connectivity index (χ0) is 12.9. The number of alkyl halides is 3. The first-order valence-electron chi connectivity index (χ1n) is 4.90. The molecule has 1 rings (SSSR count). The number of hydrogen-bond donors (Lipinski definition) is 0. The topological polar surface area (TPSA) is 35.5 Å². The van der Waals surface area contributed by atoms with E-state index in [9.17, 15) is 18.0 Å². The van der Waals surface area contributed by atoms with E-state index < -0.39 is 18.4 Å².